The zero-order valence-corrected chi connectivity index (χ0v) is 13.5. The van der Waals surface area contributed by atoms with Crippen LogP contribution in [0.1, 0.15) is 91.4 Å². The molecule has 0 radical (unpaired) electrons. The molecule has 1 heteroatoms. The topological polar surface area (TPSA) is 0 Å². The Morgan fingerprint density at radius 3 is 2.32 bits per heavy atom. The van der Waals surface area contributed by atoms with Crippen molar-refractivity contribution in [2.45, 2.75) is 97.6 Å². The second-order valence-corrected chi connectivity index (χ2v) is 7.13. The van der Waals surface area contributed by atoms with Crippen molar-refractivity contribution in [3.8, 4) is 0 Å². The minimum absolute atomic E-state index is 0.544. The predicted octanol–water partition coefficient (Wildman–Crippen LogP) is 6.54. The molecule has 0 aliphatic heterocycles. The molecule has 1 aliphatic carbocycles. The number of hydrogen-bond acceptors (Lipinski definition) is 0. The van der Waals surface area contributed by atoms with E-state index in [0.29, 0.717) is 0 Å². The summed E-state index contributed by atoms with van der Waals surface area (Å²) in [4.78, 5) is 0. The Balaban J connectivity index is 2.02. The average molecular weight is 270 g/mol. The van der Waals surface area contributed by atoms with Gasteiger partial charge in [0, 0.05) is 0 Å². The normalized spacial score (nSPS) is 27.2. The van der Waals surface area contributed by atoms with Crippen LogP contribution in [0.25, 0.3) is 0 Å². The van der Waals surface area contributed by atoms with E-state index in [9.17, 15) is 4.39 Å². The Hall–Kier alpha value is -0.0700. The molecule has 0 nitrogen and oxygen atoms in total. The van der Waals surface area contributed by atoms with Gasteiger partial charge in [0.1, 0.15) is 6.17 Å². The zero-order valence-electron chi connectivity index (χ0n) is 13.5. The predicted molar refractivity (Wildman–Crippen MR) is 83.2 cm³/mol. The summed E-state index contributed by atoms with van der Waals surface area (Å²) >= 11 is 0. The summed E-state index contributed by atoms with van der Waals surface area (Å²) < 4.78 is 13.6. The standard InChI is InChI=1S/C18H35F/c1-4-5-6-18(19)14-10-16(3)9-13-17-11-7-15(2)8-12-17/h15-18H,4-14H2,1-3H3/t15?,16-,17?,18?/m1/s1. The van der Waals surface area contributed by atoms with Gasteiger partial charge in [-0.05, 0) is 37.0 Å². The number of unbranched alkanes of at least 4 members (excludes halogenated alkanes) is 1. The molecule has 1 fully saturated rings. The van der Waals surface area contributed by atoms with Crippen molar-refractivity contribution < 1.29 is 4.39 Å². The van der Waals surface area contributed by atoms with E-state index < -0.39 is 6.17 Å². The molecule has 0 saturated heterocycles. The molecule has 0 N–H and O–H groups in total. The van der Waals surface area contributed by atoms with E-state index in [2.05, 4.69) is 20.8 Å². The third-order valence-corrected chi connectivity index (χ3v) is 5.05. The van der Waals surface area contributed by atoms with Gasteiger partial charge in [-0.15, -0.1) is 0 Å². The van der Waals surface area contributed by atoms with Gasteiger partial charge in [0.25, 0.3) is 0 Å². The maximum Gasteiger partial charge on any atom is 0.100 e. The maximum atomic E-state index is 13.6. The SMILES string of the molecule is CCCCC(F)CC[C@H](C)CCC1CCC(C)CC1. The van der Waals surface area contributed by atoms with Crippen LogP contribution in [0.2, 0.25) is 0 Å². The number of alkyl halides is 1. The molecule has 0 heterocycles. The van der Waals surface area contributed by atoms with Crippen LogP contribution < -0.4 is 0 Å². The highest BCUT2D eigenvalue weighted by Crippen LogP contribution is 2.32. The summed E-state index contributed by atoms with van der Waals surface area (Å²) in [6, 6.07) is 0. The van der Waals surface area contributed by atoms with Crippen molar-refractivity contribution >= 4 is 0 Å². The molecular weight excluding hydrogens is 235 g/mol. The summed E-state index contributed by atoms with van der Waals surface area (Å²) in [7, 11) is 0. The lowest BCUT2D eigenvalue weighted by atomic mass is 9.79. The van der Waals surface area contributed by atoms with E-state index in [0.717, 1.165) is 49.9 Å². The molecule has 1 rings (SSSR count). The molecule has 19 heavy (non-hydrogen) atoms. The van der Waals surface area contributed by atoms with Gasteiger partial charge in [-0.3, -0.25) is 0 Å². The first-order valence-corrected chi connectivity index (χ1v) is 8.75. The van der Waals surface area contributed by atoms with Crippen molar-refractivity contribution in [2.75, 3.05) is 0 Å². The van der Waals surface area contributed by atoms with Gasteiger partial charge in [0.05, 0.1) is 0 Å². The Bertz CT molecular complexity index is 206. The molecule has 1 unspecified atom stereocenters. The lowest BCUT2D eigenvalue weighted by Crippen LogP contribution is -2.13. The molecule has 0 amide bonds. The molecule has 1 aliphatic rings. The first-order valence-electron chi connectivity index (χ1n) is 8.75. The van der Waals surface area contributed by atoms with Crippen LogP contribution >= 0.6 is 0 Å². The van der Waals surface area contributed by atoms with Gasteiger partial charge in [0.2, 0.25) is 0 Å². The third-order valence-electron chi connectivity index (χ3n) is 5.05. The molecule has 0 aromatic heterocycles. The monoisotopic (exact) mass is 270 g/mol. The van der Waals surface area contributed by atoms with Gasteiger partial charge in [-0.25, -0.2) is 4.39 Å². The molecule has 0 aromatic rings. The second-order valence-electron chi connectivity index (χ2n) is 7.13. The lowest BCUT2D eigenvalue weighted by molar-refractivity contribution is 0.243. The van der Waals surface area contributed by atoms with Crippen molar-refractivity contribution in [3.05, 3.63) is 0 Å². The van der Waals surface area contributed by atoms with Crippen molar-refractivity contribution in [1.29, 1.82) is 0 Å². The summed E-state index contributed by atoms with van der Waals surface area (Å²) in [5.74, 6) is 2.65. The van der Waals surface area contributed by atoms with Gasteiger partial charge in [-0.2, -0.15) is 0 Å². The summed E-state index contributed by atoms with van der Waals surface area (Å²) in [6.45, 7) is 6.84. The van der Waals surface area contributed by atoms with E-state index in [1.807, 2.05) is 0 Å². The van der Waals surface area contributed by atoms with Crippen LogP contribution in [-0.4, -0.2) is 6.17 Å². The van der Waals surface area contributed by atoms with Crippen LogP contribution in [0.5, 0.6) is 0 Å². The first-order chi connectivity index (χ1) is 9.11. The third kappa shape index (κ3) is 7.95. The Morgan fingerprint density at radius 1 is 1.00 bits per heavy atom. The molecule has 0 spiro atoms. The molecule has 2 atom stereocenters. The van der Waals surface area contributed by atoms with Crippen LogP contribution in [0.15, 0.2) is 0 Å². The van der Waals surface area contributed by atoms with E-state index in [-0.39, 0.29) is 0 Å². The van der Waals surface area contributed by atoms with Crippen LogP contribution in [-0.2, 0) is 0 Å². The van der Waals surface area contributed by atoms with E-state index >= 15 is 0 Å². The zero-order chi connectivity index (χ0) is 14.1. The van der Waals surface area contributed by atoms with E-state index in [4.69, 9.17) is 0 Å². The van der Waals surface area contributed by atoms with E-state index in [1.54, 1.807) is 0 Å². The number of rotatable bonds is 9. The highest BCUT2D eigenvalue weighted by atomic mass is 19.1. The fourth-order valence-electron chi connectivity index (χ4n) is 3.32. The smallest absolute Gasteiger partial charge is 0.100 e. The summed E-state index contributed by atoms with van der Waals surface area (Å²) in [6.07, 6.45) is 12.8. The average Bonchev–Trinajstić information content (AvgIpc) is 2.42. The van der Waals surface area contributed by atoms with Crippen molar-refractivity contribution in [2.24, 2.45) is 17.8 Å². The van der Waals surface area contributed by atoms with Gasteiger partial charge < -0.3 is 0 Å². The van der Waals surface area contributed by atoms with Crippen molar-refractivity contribution in [3.63, 3.8) is 0 Å². The summed E-state index contributed by atoms with van der Waals surface area (Å²) in [5.41, 5.74) is 0. The lowest BCUT2D eigenvalue weighted by Gasteiger charge is -2.27. The highest BCUT2D eigenvalue weighted by Gasteiger charge is 2.19. The fourth-order valence-corrected chi connectivity index (χ4v) is 3.32. The van der Waals surface area contributed by atoms with Crippen LogP contribution in [0.3, 0.4) is 0 Å². The maximum absolute atomic E-state index is 13.6. The Labute approximate surface area is 120 Å². The fraction of sp³-hybridized carbons (Fsp3) is 1.00. The minimum atomic E-state index is -0.544. The minimum Gasteiger partial charge on any atom is -0.247 e. The largest absolute Gasteiger partial charge is 0.247 e. The molecule has 0 aromatic carbocycles. The van der Waals surface area contributed by atoms with Crippen LogP contribution in [0.4, 0.5) is 4.39 Å². The molecule has 1 saturated carbocycles. The first kappa shape index (κ1) is 17.0. The van der Waals surface area contributed by atoms with Gasteiger partial charge in [-0.1, -0.05) is 72.1 Å². The van der Waals surface area contributed by atoms with Crippen LogP contribution in [0, 0.1) is 17.8 Å². The molecule has 114 valence electrons. The number of halogens is 1. The Morgan fingerprint density at radius 2 is 1.68 bits per heavy atom. The second kappa shape index (κ2) is 9.77. The van der Waals surface area contributed by atoms with Gasteiger partial charge >= 0.3 is 0 Å². The molecular formula is C18H35F. The number of hydrogen-bond donors (Lipinski definition) is 0. The quantitative estimate of drug-likeness (QED) is 0.446. The highest BCUT2D eigenvalue weighted by molar-refractivity contribution is 4.71. The molecule has 0 bridgehead atoms. The van der Waals surface area contributed by atoms with Crippen molar-refractivity contribution in [1.82, 2.24) is 0 Å². The van der Waals surface area contributed by atoms with Gasteiger partial charge in [0.15, 0.2) is 0 Å². The summed E-state index contributed by atoms with van der Waals surface area (Å²) in [5, 5.41) is 0. The Kier molecular flexibility index (Phi) is 8.74. The van der Waals surface area contributed by atoms with E-state index in [1.165, 1.54) is 38.5 Å².